The van der Waals surface area contributed by atoms with Gasteiger partial charge in [-0.25, -0.2) is 0 Å². The Morgan fingerprint density at radius 1 is 1.13 bits per heavy atom. The van der Waals surface area contributed by atoms with Gasteiger partial charge in [0.2, 0.25) is 0 Å². The molecule has 0 fully saturated rings. The zero-order chi connectivity index (χ0) is 16.7. The SMILES string of the molecule is CCCSc1ccc(OCC(O)CNC(C)C)c2ccccc12. The number of hydrogen-bond acceptors (Lipinski definition) is 4. The lowest BCUT2D eigenvalue weighted by Crippen LogP contribution is -2.35. The van der Waals surface area contributed by atoms with Gasteiger partial charge in [0.15, 0.2) is 0 Å². The summed E-state index contributed by atoms with van der Waals surface area (Å²) in [6.45, 7) is 7.16. The maximum atomic E-state index is 10.0. The van der Waals surface area contributed by atoms with Crippen molar-refractivity contribution in [3.8, 4) is 5.75 Å². The number of nitrogens with one attached hydrogen (secondary N) is 1. The van der Waals surface area contributed by atoms with Crippen molar-refractivity contribution < 1.29 is 9.84 Å². The van der Waals surface area contributed by atoms with Crippen molar-refractivity contribution in [2.75, 3.05) is 18.9 Å². The zero-order valence-corrected chi connectivity index (χ0v) is 15.0. The van der Waals surface area contributed by atoms with E-state index in [0.717, 1.165) is 23.3 Å². The van der Waals surface area contributed by atoms with Crippen molar-refractivity contribution in [2.45, 2.75) is 44.2 Å². The van der Waals surface area contributed by atoms with Crippen molar-refractivity contribution in [3.63, 3.8) is 0 Å². The average Bonchev–Trinajstić information content (AvgIpc) is 2.56. The summed E-state index contributed by atoms with van der Waals surface area (Å²) in [5.41, 5.74) is 0. The smallest absolute Gasteiger partial charge is 0.127 e. The first-order valence-corrected chi connectivity index (χ1v) is 9.29. The van der Waals surface area contributed by atoms with Gasteiger partial charge in [-0.15, -0.1) is 11.8 Å². The van der Waals surface area contributed by atoms with Crippen LogP contribution in [0.25, 0.3) is 10.8 Å². The first-order valence-electron chi connectivity index (χ1n) is 8.30. The van der Waals surface area contributed by atoms with Crippen LogP contribution >= 0.6 is 11.8 Å². The summed E-state index contributed by atoms with van der Waals surface area (Å²) in [5.74, 6) is 1.95. The number of hydrogen-bond donors (Lipinski definition) is 2. The fourth-order valence-corrected chi connectivity index (χ4v) is 3.25. The Bertz CT molecular complexity index is 615. The average molecular weight is 333 g/mol. The van der Waals surface area contributed by atoms with Gasteiger partial charge in [-0.2, -0.15) is 0 Å². The minimum atomic E-state index is -0.509. The monoisotopic (exact) mass is 333 g/mol. The topological polar surface area (TPSA) is 41.5 Å². The number of benzene rings is 2. The van der Waals surface area contributed by atoms with Crippen LogP contribution in [0.2, 0.25) is 0 Å². The minimum Gasteiger partial charge on any atom is -0.490 e. The summed E-state index contributed by atoms with van der Waals surface area (Å²) in [6.07, 6.45) is 0.650. The van der Waals surface area contributed by atoms with E-state index in [-0.39, 0.29) is 0 Å². The number of fused-ring (bicyclic) bond motifs is 1. The van der Waals surface area contributed by atoms with E-state index >= 15 is 0 Å². The van der Waals surface area contributed by atoms with Gasteiger partial charge in [0.05, 0.1) is 0 Å². The van der Waals surface area contributed by atoms with E-state index in [1.807, 2.05) is 23.9 Å². The normalized spacial score (nSPS) is 12.7. The molecule has 2 aromatic rings. The van der Waals surface area contributed by atoms with E-state index < -0.39 is 6.10 Å². The molecule has 0 saturated carbocycles. The summed E-state index contributed by atoms with van der Waals surface area (Å²) in [6, 6.07) is 12.8. The molecule has 0 aromatic heterocycles. The number of rotatable bonds is 9. The molecule has 0 aliphatic heterocycles. The molecular formula is C19H27NO2S. The molecule has 0 heterocycles. The Labute approximate surface area is 143 Å². The van der Waals surface area contributed by atoms with E-state index in [9.17, 15) is 5.11 Å². The molecule has 2 aromatic carbocycles. The zero-order valence-electron chi connectivity index (χ0n) is 14.2. The fourth-order valence-electron chi connectivity index (χ4n) is 2.32. The first-order chi connectivity index (χ1) is 11.1. The molecule has 0 radical (unpaired) electrons. The van der Waals surface area contributed by atoms with Crippen molar-refractivity contribution in [1.29, 1.82) is 0 Å². The van der Waals surface area contributed by atoms with Crippen LogP contribution in [-0.2, 0) is 0 Å². The second-order valence-electron chi connectivity index (χ2n) is 5.98. The molecule has 1 atom stereocenters. The molecule has 0 amide bonds. The Kier molecular flexibility index (Phi) is 7.21. The van der Waals surface area contributed by atoms with Gasteiger partial charge >= 0.3 is 0 Å². The lowest BCUT2D eigenvalue weighted by atomic mass is 10.1. The van der Waals surface area contributed by atoms with E-state index in [0.29, 0.717) is 19.2 Å². The standard InChI is InChI=1S/C19H27NO2S/c1-4-11-23-19-10-9-18(16-7-5-6-8-17(16)19)22-13-15(21)12-20-14(2)3/h5-10,14-15,20-21H,4,11-13H2,1-3H3. The molecule has 0 spiro atoms. The summed E-state index contributed by atoms with van der Waals surface area (Å²) in [4.78, 5) is 1.29. The van der Waals surface area contributed by atoms with Gasteiger partial charge < -0.3 is 15.2 Å². The van der Waals surface area contributed by atoms with E-state index in [2.05, 4.69) is 50.4 Å². The highest BCUT2D eigenvalue weighted by molar-refractivity contribution is 7.99. The molecule has 2 rings (SSSR count). The van der Waals surface area contributed by atoms with Crippen LogP contribution in [0.5, 0.6) is 5.75 Å². The van der Waals surface area contributed by atoms with E-state index in [1.165, 1.54) is 10.3 Å². The number of thioether (sulfide) groups is 1. The van der Waals surface area contributed by atoms with Crippen LogP contribution < -0.4 is 10.1 Å². The van der Waals surface area contributed by atoms with Crippen LogP contribution in [-0.4, -0.2) is 36.2 Å². The predicted octanol–water partition coefficient (Wildman–Crippen LogP) is 4.08. The Hall–Kier alpha value is -1.23. The highest BCUT2D eigenvalue weighted by Gasteiger charge is 2.10. The van der Waals surface area contributed by atoms with Gasteiger partial charge in [0.1, 0.15) is 18.5 Å². The molecule has 1 unspecified atom stereocenters. The summed E-state index contributed by atoms with van der Waals surface area (Å²) in [5, 5.41) is 15.6. The Balaban J connectivity index is 2.09. The number of aliphatic hydroxyl groups is 1. The Morgan fingerprint density at radius 2 is 1.87 bits per heavy atom. The summed E-state index contributed by atoms with van der Waals surface area (Å²) >= 11 is 1.88. The van der Waals surface area contributed by atoms with Crippen LogP contribution in [0.3, 0.4) is 0 Å². The van der Waals surface area contributed by atoms with Crippen molar-refractivity contribution in [1.82, 2.24) is 5.32 Å². The largest absolute Gasteiger partial charge is 0.490 e. The summed E-state index contributed by atoms with van der Waals surface area (Å²) < 4.78 is 5.87. The molecule has 0 aliphatic carbocycles. The Morgan fingerprint density at radius 3 is 2.57 bits per heavy atom. The van der Waals surface area contributed by atoms with Crippen molar-refractivity contribution in [3.05, 3.63) is 36.4 Å². The maximum absolute atomic E-state index is 10.0. The molecular weight excluding hydrogens is 306 g/mol. The molecule has 0 saturated heterocycles. The van der Waals surface area contributed by atoms with Gasteiger partial charge in [0, 0.05) is 22.9 Å². The molecule has 0 aliphatic rings. The van der Waals surface area contributed by atoms with Crippen molar-refractivity contribution in [2.24, 2.45) is 0 Å². The van der Waals surface area contributed by atoms with Crippen molar-refractivity contribution >= 4 is 22.5 Å². The number of aliphatic hydroxyl groups excluding tert-OH is 1. The molecule has 2 N–H and O–H groups in total. The highest BCUT2D eigenvalue weighted by atomic mass is 32.2. The fraction of sp³-hybridized carbons (Fsp3) is 0.474. The third kappa shape index (κ3) is 5.41. The minimum absolute atomic E-state index is 0.297. The quantitative estimate of drug-likeness (QED) is 0.679. The molecule has 3 nitrogen and oxygen atoms in total. The van der Waals surface area contributed by atoms with Crippen LogP contribution in [0.4, 0.5) is 0 Å². The first kappa shape index (κ1) is 18.1. The van der Waals surface area contributed by atoms with Crippen LogP contribution in [0.1, 0.15) is 27.2 Å². The maximum Gasteiger partial charge on any atom is 0.127 e. The molecule has 126 valence electrons. The second-order valence-corrected chi connectivity index (χ2v) is 7.12. The van der Waals surface area contributed by atoms with Gasteiger partial charge in [-0.1, -0.05) is 45.0 Å². The summed E-state index contributed by atoms with van der Waals surface area (Å²) in [7, 11) is 0. The van der Waals surface area contributed by atoms with Gasteiger partial charge in [-0.05, 0) is 29.7 Å². The number of ether oxygens (including phenoxy) is 1. The van der Waals surface area contributed by atoms with Crippen LogP contribution in [0, 0.1) is 0 Å². The third-order valence-electron chi connectivity index (χ3n) is 3.50. The molecule has 4 heteroatoms. The van der Waals surface area contributed by atoms with Crippen LogP contribution in [0.15, 0.2) is 41.3 Å². The third-order valence-corrected chi connectivity index (χ3v) is 4.78. The predicted molar refractivity (Wildman–Crippen MR) is 99.6 cm³/mol. The molecule has 23 heavy (non-hydrogen) atoms. The van der Waals surface area contributed by atoms with E-state index in [4.69, 9.17) is 4.74 Å². The van der Waals surface area contributed by atoms with Gasteiger partial charge in [-0.3, -0.25) is 0 Å². The lowest BCUT2D eigenvalue weighted by Gasteiger charge is -2.16. The lowest BCUT2D eigenvalue weighted by molar-refractivity contribution is 0.105. The van der Waals surface area contributed by atoms with Gasteiger partial charge in [0.25, 0.3) is 0 Å². The highest BCUT2D eigenvalue weighted by Crippen LogP contribution is 2.34. The second kappa shape index (κ2) is 9.16. The molecule has 0 bridgehead atoms. The van der Waals surface area contributed by atoms with E-state index in [1.54, 1.807) is 0 Å².